The van der Waals surface area contributed by atoms with Gasteiger partial charge in [-0.1, -0.05) is 48.0 Å². The van der Waals surface area contributed by atoms with Gasteiger partial charge in [0.15, 0.2) is 0 Å². The van der Waals surface area contributed by atoms with Crippen molar-refractivity contribution in [2.24, 2.45) is 0 Å². The van der Waals surface area contributed by atoms with Gasteiger partial charge in [0.1, 0.15) is 5.82 Å². The third-order valence-corrected chi connectivity index (χ3v) is 4.19. The Labute approximate surface area is 129 Å². The van der Waals surface area contributed by atoms with Gasteiger partial charge in [-0.15, -0.1) is 0 Å². The van der Waals surface area contributed by atoms with Gasteiger partial charge in [0.25, 0.3) is 0 Å². The van der Waals surface area contributed by atoms with Gasteiger partial charge in [-0.05, 0) is 54.8 Å². The van der Waals surface area contributed by atoms with Crippen molar-refractivity contribution in [2.45, 2.75) is 12.8 Å². The van der Waals surface area contributed by atoms with Gasteiger partial charge in [-0.25, -0.2) is 4.39 Å². The van der Waals surface area contributed by atoms with Gasteiger partial charge in [-0.3, -0.25) is 0 Å². The minimum atomic E-state index is -0.214. The Morgan fingerprint density at radius 2 is 1.81 bits per heavy atom. The van der Waals surface area contributed by atoms with Crippen molar-refractivity contribution < 1.29 is 4.39 Å². The molecule has 1 aliphatic rings. The first-order valence-electron chi connectivity index (χ1n) is 7.19. The van der Waals surface area contributed by atoms with Gasteiger partial charge in [-0.2, -0.15) is 0 Å². The Bertz CT molecular complexity index is 679. The van der Waals surface area contributed by atoms with E-state index in [-0.39, 0.29) is 5.82 Å². The van der Waals surface area contributed by atoms with Crippen molar-refractivity contribution in [3.63, 3.8) is 0 Å². The average Bonchev–Trinajstić information content (AvgIpc) is 2.73. The average molecular weight is 302 g/mol. The molecule has 3 rings (SSSR count). The Morgan fingerprint density at radius 3 is 2.67 bits per heavy atom. The van der Waals surface area contributed by atoms with Crippen molar-refractivity contribution in [3.8, 4) is 0 Å². The highest BCUT2D eigenvalue weighted by atomic mass is 35.5. The first kappa shape index (κ1) is 14.3. The van der Waals surface area contributed by atoms with Crippen molar-refractivity contribution >= 4 is 23.8 Å². The molecular formula is C18H17ClFN. The molecule has 1 nitrogen and oxygen atoms in total. The number of halogens is 2. The SMILES string of the molecule is Fc1ccccc1/C=C/c1c(Cl)ccc2c1CCNCC2. The van der Waals surface area contributed by atoms with E-state index >= 15 is 0 Å². The van der Waals surface area contributed by atoms with Crippen LogP contribution in [0.25, 0.3) is 12.2 Å². The fourth-order valence-corrected chi connectivity index (χ4v) is 2.98. The quantitative estimate of drug-likeness (QED) is 0.814. The molecule has 21 heavy (non-hydrogen) atoms. The van der Waals surface area contributed by atoms with Crippen molar-refractivity contribution in [3.05, 3.63) is 69.5 Å². The summed E-state index contributed by atoms with van der Waals surface area (Å²) in [6.07, 6.45) is 5.69. The molecule has 0 aliphatic carbocycles. The fourth-order valence-electron chi connectivity index (χ4n) is 2.74. The number of hydrogen-bond acceptors (Lipinski definition) is 1. The fraction of sp³-hybridized carbons (Fsp3) is 0.222. The molecule has 1 heterocycles. The van der Waals surface area contributed by atoms with Crippen molar-refractivity contribution in [1.82, 2.24) is 5.32 Å². The van der Waals surface area contributed by atoms with Gasteiger partial charge in [0.2, 0.25) is 0 Å². The molecule has 0 amide bonds. The molecule has 0 bridgehead atoms. The number of hydrogen-bond donors (Lipinski definition) is 1. The lowest BCUT2D eigenvalue weighted by Crippen LogP contribution is -2.16. The van der Waals surface area contributed by atoms with Crippen LogP contribution in [0.5, 0.6) is 0 Å². The lowest BCUT2D eigenvalue weighted by atomic mass is 9.96. The molecule has 2 aromatic carbocycles. The van der Waals surface area contributed by atoms with Crippen LogP contribution in [0.1, 0.15) is 22.3 Å². The van der Waals surface area contributed by atoms with E-state index in [1.54, 1.807) is 18.2 Å². The van der Waals surface area contributed by atoms with E-state index in [4.69, 9.17) is 11.6 Å². The second kappa shape index (κ2) is 6.42. The summed E-state index contributed by atoms with van der Waals surface area (Å²) in [5.74, 6) is -0.214. The highest BCUT2D eigenvalue weighted by molar-refractivity contribution is 6.32. The van der Waals surface area contributed by atoms with Crippen LogP contribution in [0.15, 0.2) is 36.4 Å². The highest BCUT2D eigenvalue weighted by Crippen LogP contribution is 2.27. The molecule has 0 spiro atoms. The lowest BCUT2D eigenvalue weighted by molar-refractivity contribution is 0.625. The van der Waals surface area contributed by atoms with Gasteiger partial charge < -0.3 is 5.32 Å². The van der Waals surface area contributed by atoms with Crippen molar-refractivity contribution in [1.29, 1.82) is 0 Å². The first-order valence-corrected chi connectivity index (χ1v) is 7.57. The van der Waals surface area contributed by atoms with E-state index in [9.17, 15) is 4.39 Å². The largest absolute Gasteiger partial charge is 0.316 e. The summed E-state index contributed by atoms with van der Waals surface area (Å²) in [6.45, 7) is 1.94. The molecule has 108 valence electrons. The summed E-state index contributed by atoms with van der Waals surface area (Å²) in [4.78, 5) is 0. The number of benzene rings is 2. The Morgan fingerprint density at radius 1 is 1.00 bits per heavy atom. The first-order chi connectivity index (χ1) is 10.3. The van der Waals surface area contributed by atoms with E-state index in [1.165, 1.54) is 17.2 Å². The molecule has 0 atom stereocenters. The topological polar surface area (TPSA) is 12.0 Å². The summed E-state index contributed by atoms with van der Waals surface area (Å²) in [5, 5.41) is 4.12. The molecule has 0 saturated carbocycles. The predicted octanol–water partition coefficient (Wildman–Crippen LogP) is 4.34. The zero-order valence-corrected chi connectivity index (χ0v) is 12.5. The van der Waals surface area contributed by atoms with Gasteiger partial charge >= 0.3 is 0 Å². The minimum Gasteiger partial charge on any atom is -0.316 e. The molecule has 3 heteroatoms. The summed E-state index contributed by atoms with van der Waals surface area (Å²) in [6, 6.07) is 10.8. The van der Waals surface area contributed by atoms with Gasteiger partial charge in [0.05, 0.1) is 0 Å². The van der Waals surface area contributed by atoms with E-state index in [0.29, 0.717) is 5.56 Å². The summed E-state index contributed by atoms with van der Waals surface area (Å²) in [7, 11) is 0. The van der Waals surface area contributed by atoms with Crippen LogP contribution < -0.4 is 5.32 Å². The molecule has 0 aromatic heterocycles. The summed E-state index contributed by atoms with van der Waals surface area (Å²) in [5.41, 5.74) is 4.21. The predicted molar refractivity (Wildman–Crippen MR) is 87.1 cm³/mol. The van der Waals surface area contributed by atoms with E-state index in [0.717, 1.165) is 36.5 Å². The Hall–Kier alpha value is -1.64. The monoisotopic (exact) mass is 301 g/mol. The number of nitrogens with one attached hydrogen (secondary N) is 1. The third kappa shape index (κ3) is 3.17. The lowest BCUT2D eigenvalue weighted by Gasteiger charge is -2.11. The molecule has 0 saturated heterocycles. The molecule has 2 aromatic rings. The second-order valence-corrected chi connectivity index (χ2v) is 5.61. The van der Waals surface area contributed by atoms with Crippen molar-refractivity contribution in [2.75, 3.05) is 13.1 Å². The zero-order chi connectivity index (χ0) is 14.7. The van der Waals surface area contributed by atoms with Crippen LogP contribution in [-0.2, 0) is 12.8 Å². The molecule has 1 aliphatic heterocycles. The summed E-state index contributed by atoms with van der Waals surface area (Å²) < 4.78 is 13.7. The van der Waals surface area contributed by atoms with Crippen LogP contribution in [0.4, 0.5) is 4.39 Å². The summed E-state index contributed by atoms with van der Waals surface area (Å²) >= 11 is 6.36. The molecule has 0 radical (unpaired) electrons. The van der Waals surface area contributed by atoms with Crippen LogP contribution in [-0.4, -0.2) is 13.1 Å². The smallest absolute Gasteiger partial charge is 0.130 e. The molecule has 0 fully saturated rings. The maximum absolute atomic E-state index is 13.7. The zero-order valence-electron chi connectivity index (χ0n) is 11.7. The maximum Gasteiger partial charge on any atom is 0.130 e. The Kier molecular flexibility index (Phi) is 4.37. The number of fused-ring (bicyclic) bond motifs is 1. The molecule has 0 unspecified atom stereocenters. The molecular weight excluding hydrogens is 285 g/mol. The van der Waals surface area contributed by atoms with Crippen LogP contribution >= 0.6 is 11.6 Å². The second-order valence-electron chi connectivity index (χ2n) is 5.20. The molecule has 1 N–H and O–H groups in total. The normalized spacial score (nSPS) is 15.0. The third-order valence-electron chi connectivity index (χ3n) is 3.86. The van der Waals surface area contributed by atoms with E-state index in [2.05, 4.69) is 11.4 Å². The number of rotatable bonds is 2. The van der Waals surface area contributed by atoms with E-state index < -0.39 is 0 Å². The minimum absolute atomic E-state index is 0.214. The highest BCUT2D eigenvalue weighted by Gasteiger charge is 2.13. The Balaban J connectivity index is 2.00. The van der Waals surface area contributed by atoms with Gasteiger partial charge in [0, 0.05) is 10.6 Å². The maximum atomic E-state index is 13.7. The van der Waals surface area contributed by atoms with Crippen LogP contribution in [0.3, 0.4) is 0 Å². The van der Waals surface area contributed by atoms with Crippen LogP contribution in [0.2, 0.25) is 5.02 Å². The van der Waals surface area contributed by atoms with E-state index in [1.807, 2.05) is 18.2 Å². The standard InChI is InChI=1S/C18H17ClFN/c19-17-8-6-13-9-11-21-12-10-15(13)16(17)7-5-14-3-1-2-4-18(14)20/h1-8,21H,9-12H2/b7-5+. The van der Waals surface area contributed by atoms with Crippen LogP contribution in [0, 0.1) is 5.82 Å².